The number of likely N-dealkylation sites (N-methyl/N-ethyl adjacent to an activating group) is 1. The highest BCUT2D eigenvalue weighted by Gasteiger charge is 2.12. The van der Waals surface area contributed by atoms with Crippen molar-refractivity contribution >= 4 is 17.5 Å². The molecule has 116 valence electrons. The summed E-state index contributed by atoms with van der Waals surface area (Å²) >= 11 is 6.14. The molecule has 1 amide bonds. The molecular formula is C18H21ClN2O. The fraction of sp³-hybridized carbons (Fsp3) is 0.278. The summed E-state index contributed by atoms with van der Waals surface area (Å²) in [4.78, 5) is 14.1. The normalized spacial score (nSPS) is 12.2. The first kappa shape index (κ1) is 16.5. The van der Waals surface area contributed by atoms with E-state index in [1.807, 2.05) is 73.5 Å². The van der Waals surface area contributed by atoms with E-state index in [9.17, 15) is 4.79 Å². The van der Waals surface area contributed by atoms with Crippen LogP contribution in [0.5, 0.6) is 0 Å². The lowest BCUT2D eigenvalue weighted by molar-refractivity contribution is -0.122. The van der Waals surface area contributed by atoms with Gasteiger partial charge in [-0.3, -0.25) is 9.69 Å². The van der Waals surface area contributed by atoms with Gasteiger partial charge in [0.1, 0.15) is 0 Å². The first-order chi connectivity index (χ1) is 10.6. The molecule has 1 atom stereocenters. The molecule has 2 aromatic carbocycles. The summed E-state index contributed by atoms with van der Waals surface area (Å²) < 4.78 is 0. The van der Waals surface area contributed by atoms with Gasteiger partial charge in [-0.25, -0.2) is 0 Å². The van der Waals surface area contributed by atoms with Crippen LogP contribution in [0, 0.1) is 0 Å². The molecule has 1 N–H and O–H groups in total. The Morgan fingerprint density at radius 2 is 1.77 bits per heavy atom. The number of nitrogens with one attached hydrogen (secondary N) is 1. The molecule has 4 heteroatoms. The average molecular weight is 317 g/mol. The Morgan fingerprint density at radius 3 is 2.45 bits per heavy atom. The smallest absolute Gasteiger partial charge is 0.234 e. The standard InChI is InChI=1S/C18H21ClN2O/c1-14(15-8-4-3-5-9-15)20-18(22)13-21(2)12-16-10-6-7-11-17(16)19/h3-11,14H,12-13H2,1-2H3,(H,20,22)/t14-/m1/s1. The van der Waals surface area contributed by atoms with Crippen molar-refractivity contribution in [3.05, 3.63) is 70.7 Å². The SMILES string of the molecule is C[C@@H](NC(=O)CN(C)Cc1ccccc1Cl)c1ccccc1. The molecule has 0 saturated carbocycles. The quantitative estimate of drug-likeness (QED) is 0.882. The van der Waals surface area contributed by atoms with Gasteiger partial charge in [0.05, 0.1) is 12.6 Å². The third-order valence-electron chi connectivity index (χ3n) is 3.49. The number of carbonyl (C=O) groups excluding carboxylic acids is 1. The second kappa shape index (κ2) is 7.97. The van der Waals surface area contributed by atoms with Crippen LogP contribution in [0.1, 0.15) is 24.1 Å². The number of nitrogens with zero attached hydrogens (tertiary/aromatic N) is 1. The molecule has 0 heterocycles. The number of carbonyl (C=O) groups is 1. The maximum Gasteiger partial charge on any atom is 0.234 e. The van der Waals surface area contributed by atoms with E-state index in [0.717, 1.165) is 16.1 Å². The average Bonchev–Trinajstić information content (AvgIpc) is 2.50. The highest BCUT2D eigenvalue weighted by atomic mass is 35.5. The van der Waals surface area contributed by atoms with Crippen LogP contribution in [0.2, 0.25) is 5.02 Å². The highest BCUT2D eigenvalue weighted by molar-refractivity contribution is 6.31. The van der Waals surface area contributed by atoms with Gasteiger partial charge in [0.15, 0.2) is 0 Å². The second-order valence-corrected chi connectivity index (χ2v) is 5.87. The Bertz CT molecular complexity index is 615. The maximum absolute atomic E-state index is 12.1. The topological polar surface area (TPSA) is 32.3 Å². The van der Waals surface area contributed by atoms with Crippen molar-refractivity contribution in [3.8, 4) is 0 Å². The molecule has 2 aromatic rings. The molecule has 22 heavy (non-hydrogen) atoms. The Hall–Kier alpha value is -1.84. The molecule has 2 rings (SSSR count). The number of benzene rings is 2. The number of rotatable bonds is 6. The van der Waals surface area contributed by atoms with Gasteiger partial charge in [0.25, 0.3) is 0 Å². The van der Waals surface area contributed by atoms with Crippen molar-refractivity contribution in [2.24, 2.45) is 0 Å². The van der Waals surface area contributed by atoms with Crippen LogP contribution in [0.15, 0.2) is 54.6 Å². The van der Waals surface area contributed by atoms with Gasteiger partial charge >= 0.3 is 0 Å². The van der Waals surface area contributed by atoms with E-state index in [2.05, 4.69) is 5.32 Å². The lowest BCUT2D eigenvalue weighted by atomic mass is 10.1. The van der Waals surface area contributed by atoms with Gasteiger partial charge in [-0.2, -0.15) is 0 Å². The van der Waals surface area contributed by atoms with E-state index in [-0.39, 0.29) is 11.9 Å². The zero-order valence-electron chi connectivity index (χ0n) is 12.9. The second-order valence-electron chi connectivity index (χ2n) is 5.46. The molecule has 0 aromatic heterocycles. The van der Waals surface area contributed by atoms with Crippen LogP contribution in [-0.2, 0) is 11.3 Å². The Balaban J connectivity index is 1.85. The molecule has 0 bridgehead atoms. The lowest BCUT2D eigenvalue weighted by Gasteiger charge is -2.19. The first-order valence-corrected chi connectivity index (χ1v) is 7.70. The third-order valence-corrected chi connectivity index (χ3v) is 3.86. The maximum atomic E-state index is 12.1. The van der Waals surface area contributed by atoms with Crippen LogP contribution >= 0.6 is 11.6 Å². The van der Waals surface area contributed by atoms with Crippen LogP contribution in [0.3, 0.4) is 0 Å². The lowest BCUT2D eigenvalue weighted by Crippen LogP contribution is -2.36. The van der Waals surface area contributed by atoms with Gasteiger partial charge in [-0.15, -0.1) is 0 Å². The molecule has 0 radical (unpaired) electrons. The third kappa shape index (κ3) is 4.86. The number of amides is 1. The molecular weight excluding hydrogens is 296 g/mol. The van der Waals surface area contributed by atoms with E-state index >= 15 is 0 Å². The fourth-order valence-corrected chi connectivity index (χ4v) is 2.53. The van der Waals surface area contributed by atoms with E-state index < -0.39 is 0 Å². The molecule has 0 unspecified atom stereocenters. The minimum atomic E-state index is 0.00223. The first-order valence-electron chi connectivity index (χ1n) is 7.32. The summed E-state index contributed by atoms with van der Waals surface area (Å²) in [6.45, 7) is 2.97. The van der Waals surface area contributed by atoms with Crippen molar-refractivity contribution in [2.45, 2.75) is 19.5 Å². The summed E-state index contributed by atoms with van der Waals surface area (Å²) in [6, 6.07) is 17.6. The molecule has 0 spiro atoms. The summed E-state index contributed by atoms with van der Waals surface area (Å²) in [7, 11) is 1.91. The van der Waals surface area contributed by atoms with E-state index in [4.69, 9.17) is 11.6 Å². The van der Waals surface area contributed by atoms with E-state index in [1.54, 1.807) is 0 Å². The Kier molecular flexibility index (Phi) is 5.99. The van der Waals surface area contributed by atoms with Gasteiger partial charge in [-0.05, 0) is 31.2 Å². The van der Waals surface area contributed by atoms with Crippen molar-refractivity contribution < 1.29 is 4.79 Å². The predicted molar refractivity (Wildman–Crippen MR) is 90.8 cm³/mol. The van der Waals surface area contributed by atoms with Crippen molar-refractivity contribution in [3.63, 3.8) is 0 Å². The number of hydrogen-bond acceptors (Lipinski definition) is 2. The van der Waals surface area contributed by atoms with Crippen molar-refractivity contribution in [1.82, 2.24) is 10.2 Å². The van der Waals surface area contributed by atoms with Gasteiger partial charge < -0.3 is 5.32 Å². The van der Waals surface area contributed by atoms with Crippen LogP contribution < -0.4 is 5.32 Å². The Labute approximate surface area is 136 Å². The zero-order chi connectivity index (χ0) is 15.9. The zero-order valence-corrected chi connectivity index (χ0v) is 13.7. The minimum Gasteiger partial charge on any atom is -0.348 e. The Morgan fingerprint density at radius 1 is 1.14 bits per heavy atom. The monoisotopic (exact) mass is 316 g/mol. The van der Waals surface area contributed by atoms with Crippen molar-refractivity contribution in [2.75, 3.05) is 13.6 Å². The van der Waals surface area contributed by atoms with E-state index in [0.29, 0.717) is 13.1 Å². The van der Waals surface area contributed by atoms with Gasteiger partial charge in [0, 0.05) is 11.6 Å². The molecule has 0 aliphatic heterocycles. The largest absolute Gasteiger partial charge is 0.348 e. The van der Waals surface area contributed by atoms with Crippen LogP contribution in [-0.4, -0.2) is 24.4 Å². The molecule has 0 saturated heterocycles. The minimum absolute atomic E-state index is 0.00223. The van der Waals surface area contributed by atoms with E-state index in [1.165, 1.54) is 0 Å². The van der Waals surface area contributed by atoms with Gasteiger partial charge in [0.2, 0.25) is 5.91 Å². The predicted octanol–water partition coefficient (Wildman–Crippen LogP) is 3.65. The molecule has 0 aliphatic rings. The highest BCUT2D eigenvalue weighted by Crippen LogP contribution is 2.16. The summed E-state index contributed by atoms with van der Waals surface area (Å²) in [5, 5.41) is 3.74. The molecule has 3 nitrogen and oxygen atoms in total. The number of hydrogen-bond donors (Lipinski definition) is 1. The number of halogens is 1. The van der Waals surface area contributed by atoms with Crippen LogP contribution in [0.4, 0.5) is 0 Å². The molecule has 0 aliphatic carbocycles. The van der Waals surface area contributed by atoms with Crippen LogP contribution in [0.25, 0.3) is 0 Å². The summed E-state index contributed by atoms with van der Waals surface area (Å²) in [5.41, 5.74) is 2.13. The summed E-state index contributed by atoms with van der Waals surface area (Å²) in [5.74, 6) is 0.00547. The van der Waals surface area contributed by atoms with Gasteiger partial charge in [-0.1, -0.05) is 60.1 Å². The fourth-order valence-electron chi connectivity index (χ4n) is 2.33. The van der Waals surface area contributed by atoms with Crippen molar-refractivity contribution in [1.29, 1.82) is 0 Å². The summed E-state index contributed by atoms with van der Waals surface area (Å²) in [6.07, 6.45) is 0. The molecule has 0 fully saturated rings.